The second kappa shape index (κ2) is 11.3. The van der Waals surface area contributed by atoms with Gasteiger partial charge in [0.1, 0.15) is 24.0 Å². The summed E-state index contributed by atoms with van der Waals surface area (Å²) in [7, 11) is 0. The average Bonchev–Trinajstić information content (AvgIpc) is 3.25. The lowest BCUT2D eigenvalue weighted by molar-refractivity contribution is -0.160. The van der Waals surface area contributed by atoms with Crippen molar-refractivity contribution in [3.8, 4) is 5.75 Å². The van der Waals surface area contributed by atoms with Gasteiger partial charge < -0.3 is 14.4 Å². The van der Waals surface area contributed by atoms with Crippen LogP contribution < -0.4 is 4.74 Å². The molecular weight excluding hydrogens is 450 g/mol. The summed E-state index contributed by atoms with van der Waals surface area (Å²) < 4.78 is 11.6. The molecule has 3 aromatic carbocycles. The summed E-state index contributed by atoms with van der Waals surface area (Å²) in [6.07, 6.45) is 2.90. The molecule has 0 aromatic heterocycles. The lowest BCUT2D eigenvalue weighted by atomic mass is 10.1. The predicted octanol–water partition coefficient (Wildman–Crippen LogP) is 6.34. The Morgan fingerprint density at radius 1 is 0.917 bits per heavy atom. The molecule has 1 atom stereocenters. The van der Waals surface area contributed by atoms with Gasteiger partial charge in [0.25, 0.3) is 0 Å². The highest BCUT2D eigenvalue weighted by Crippen LogP contribution is 2.32. The van der Waals surface area contributed by atoms with E-state index in [9.17, 15) is 9.59 Å². The Balaban J connectivity index is 1.53. The first-order chi connectivity index (χ1) is 17.3. The number of esters is 1. The lowest BCUT2D eigenvalue weighted by Crippen LogP contribution is -2.39. The lowest BCUT2D eigenvalue weighted by Gasteiger charge is -2.29. The van der Waals surface area contributed by atoms with Gasteiger partial charge in [-0.1, -0.05) is 72.8 Å². The maximum Gasteiger partial charge on any atom is 0.329 e. The Morgan fingerprint density at radius 3 is 2.25 bits per heavy atom. The number of rotatable bonds is 8. The van der Waals surface area contributed by atoms with Crippen LogP contribution in [0.25, 0.3) is 0 Å². The number of hydrogen-bond donors (Lipinski definition) is 0. The quantitative estimate of drug-likeness (QED) is 0.213. The Morgan fingerprint density at radius 2 is 1.58 bits per heavy atom. The summed E-state index contributed by atoms with van der Waals surface area (Å²) >= 11 is 0. The van der Waals surface area contributed by atoms with Crippen LogP contribution in [-0.2, 0) is 22.7 Å². The minimum Gasteiger partial charge on any atom is -0.489 e. The van der Waals surface area contributed by atoms with Gasteiger partial charge in [-0.05, 0) is 56.9 Å². The standard InChI is InChI=1S/C31H33NO4/c1-31(2,3)36-30(34)28-18-17-26(32(28)21-23-11-6-4-7-12-23)20-29(33)25-15-10-16-27(19-25)35-22-24-13-8-5-9-14-24/h4-16,19-20,28H,17-18,21-22H2,1-3H3/b26-20+/t28-/m1/s1. The van der Waals surface area contributed by atoms with Crippen molar-refractivity contribution in [2.75, 3.05) is 0 Å². The van der Waals surface area contributed by atoms with Crippen molar-refractivity contribution in [3.05, 3.63) is 113 Å². The van der Waals surface area contributed by atoms with Gasteiger partial charge in [-0.2, -0.15) is 0 Å². The van der Waals surface area contributed by atoms with E-state index in [0.717, 1.165) is 16.8 Å². The third kappa shape index (κ3) is 6.85. The summed E-state index contributed by atoms with van der Waals surface area (Å²) in [6.45, 7) is 6.57. The number of nitrogens with zero attached hydrogens (tertiary/aromatic N) is 1. The van der Waals surface area contributed by atoms with Crippen LogP contribution in [0.1, 0.15) is 55.1 Å². The molecule has 1 aliphatic heterocycles. The number of ketones is 1. The van der Waals surface area contributed by atoms with Crippen molar-refractivity contribution in [1.82, 2.24) is 4.90 Å². The molecule has 1 fully saturated rings. The molecule has 1 heterocycles. The highest BCUT2D eigenvalue weighted by atomic mass is 16.6. The van der Waals surface area contributed by atoms with E-state index in [1.165, 1.54) is 0 Å². The Bertz CT molecular complexity index is 1210. The molecule has 0 saturated carbocycles. The van der Waals surface area contributed by atoms with E-state index < -0.39 is 11.6 Å². The minimum atomic E-state index is -0.571. The van der Waals surface area contributed by atoms with E-state index in [-0.39, 0.29) is 11.8 Å². The molecule has 5 heteroatoms. The van der Waals surface area contributed by atoms with Gasteiger partial charge >= 0.3 is 5.97 Å². The highest BCUT2D eigenvalue weighted by Gasteiger charge is 2.36. The third-order valence-electron chi connectivity index (χ3n) is 5.96. The number of hydrogen-bond acceptors (Lipinski definition) is 5. The molecule has 0 amide bonds. The molecule has 0 radical (unpaired) electrons. The Kier molecular flexibility index (Phi) is 7.89. The zero-order valence-electron chi connectivity index (χ0n) is 21.1. The summed E-state index contributed by atoms with van der Waals surface area (Å²) in [6, 6.07) is 26.7. The van der Waals surface area contributed by atoms with Crippen molar-refractivity contribution in [1.29, 1.82) is 0 Å². The topological polar surface area (TPSA) is 55.8 Å². The molecule has 1 saturated heterocycles. The smallest absolute Gasteiger partial charge is 0.329 e. The van der Waals surface area contributed by atoms with Gasteiger partial charge in [0.2, 0.25) is 0 Å². The molecule has 0 unspecified atom stereocenters. The zero-order valence-corrected chi connectivity index (χ0v) is 21.1. The molecule has 0 spiro atoms. The number of carbonyl (C=O) groups excluding carboxylic acids is 2. The molecule has 4 rings (SSSR count). The van der Waals surface area contributed by atoms with Gasteiger partial charge in [-0.25, -0.2) is 4.79 Å². The van der Waals surface area contributed by atoms with Gasteiger partial charge in [0.05, 0.1) is 0 Å². The number of ether oxygens (including phenoxy) is 2. The largest absolute Gasteiger partial charge is 0.489 e. The highest BCUT2D eigenvalue weighted by molar-refractivity contribution is 6.05. The van der Waals surface area contributed by atoms with Crippen LogP contribution in [0.5, 0.6) is 5.75 Å². The van der Waals surface area contributed by atoms with Crippen LogP contribution in [0.3, 0.4) is 0 Å². The molecule has 1 aliphatic rings. The predicted molar refractivity (Wildman–Crippen MR) is 140 cm³/mol. The second-order valence-electron chi connectivity index (χ2n) is 10.0. The number of allylic oxidation sites excluding steroid dienone is 2. The maximum absolute atomic E-state index is 13.3. The Labute approximate surface area is 213 Å². The molecule has 36 heavy (non-hydrogen) atoms. The van der Waals surface area contributed by atoms with Gasteiger partial charge in [0.15, 0.2) is 5.78 Å². The van der Waals surface area contributed by atoms with E-state index >= 15 is 0 Å². The van der Waals surface area contributed by atoms with Gasteiger partial charge in [-0.15, -0.1) is 0 Å². The summed E-state index contributed by atoms with van der Waals surface area (Å²) in [4.78, 5) is 28.3. The molecule has 3 aromatic rings. The van der Waals surface area contributed by atoms with Crippen molar-refractivity contribution < 1.29 is 19.1 Å². The molecule has 0 N–H and O–H groups in total. The van der Waals surface area contributed by atoms with Crippen LogP contribution in [0.15, 0.2) is 96.7 Å². The van der Waals surface area contributed by atoms with E-state index in [1.807, 2.05) is 98.5 Å². The van der Waals surface area contributed by atoms with E-state index in [4.69, 9.17) is 9.47 Å². The van der Waals surface area contributed by atoms with Crippen LogP contribution in [-0.4, -0.2) is 28.3 Å². The second-order valence-corrected chi connectivity index (χ2v) is 10.0. The normalized spacial score (nSPS) is 16.7. The van der Waals surface area contributed by atoms with E-state index in [0.29, 0.717) is 37.3 Å². The Hall–Kier alpha value is -3.86. The molecule has 5 nitrogen and oxygen atoms in total. The van der Waals surface area contributed by atoms with E-state index in [2.05, 4.69) is 0 Å². The van der Waals surface area contributed by atoms with Crippen molar-refractivity contribution in [2.45, 2.75) is 58.4 Å². The maximum atomic E-state index is 13.3. The number of likely N-dealkylation sites (tertiary alicyclic amines) is 1. The first-order valence-corrected chi connectivity index (χ1v) is 12.3. The van der Waals surface area contributed by atoms with E-state index in [1.54, 1.807) is 18.2 Å². The number of benzene rings is 3. The molecule has 0 aliphatic carbocycles. The monoisotopic (exact) mass is 483 g/mol. The van der Waals surface area contributed by atoms with Crippen LogP contribution in [0, 0.1) is 0 Å². The molecular formula is C31H33NO4. The van der Waals surface area contributed by atoms with Gasteiger partial charge in [-0.3, -0.25) is 4.79 Å². The van der Waals surface area contributed by atoms with Crippen molar-refractivity contribution >= 4 is 11.8 Å². The minimum absolute atomic E-state index is 0.113. The van der Waals surface area contributed by atoms with Gasteiger partial charge in [0, 0.05) is 23.9 Å². The SMILES string of the molecule is CC(C)(C)OC(=O)[C@H]1CC/C(=C\C(=O)c2cccc(OCc3ccccc3)c2)N1Cc1ccccc1. The fraction of sp³-hybridized carbons (Fsp3) is 0.290. The summed E-state index contributed by atoms with van der Waals surface area (Å²) in [5.41, 5.74) is 2.95. The molecule has 0 bridgehead atoms. The fourth-order valence-electron chi connectivity index (χ4n) is 4.26. The fourth-order valence-corrected chi connectivity index (χ4v) is 4.26. The molecule has 186 valence electrons. The van der Waals surface area contributed by atoms with Crippen molar-refractivity contribution in [2.24, 2.45) is 0 Å². The average molecular weight is 484 g/mol. The van der Waals surface area contributed by atoms with Crippen LogP contribution in [0.4, 0.5) is 0 Å². The van der Waals surface area contributed by atoms with Crippen LogP contribution in [0.2, 0.25) is 0 Å². The third-order valence-corrected chi connectivity index (χ3v) is 5.96. The summed E-state index contributed by atoms with van der Waals surface area (Å²) in [5.74, 6) is 0.269. The van der Waals surface area contributed by atoms with Crippen molar-refractivity contribution in [3.63, 3.8) is 0 Å². The number of carbonyl (C=O) groups is 2. The zero-order chi connectivity index (χ0) is 25.5. The summed E-state index contributed by atoms with van der Waals surface area (Å²) in [5, 5.41) is 0. The first kappa shape index (κ1) is 25.2. The van der Waals surface area contributed by atoms with Crippen LogP contribution >= 0.6 is 0 Å². The first-order valence-electron chi connectivity index (χ1n) is 12.3.